The molecule has 9 nitrogen and oxygen atoms in total. The van der Waals surface area contributed by atoms with Crippen molar-refractivity contribution in [2.45, 2.75) is 88.2 Å². The van der Waals surface area contributed by atoms with Crippen molar-refractivity contribution in [3.05, 3.63) is 91.9 Å². The number of anilines is 2. The zero-order valence-corrected chi connectivity index (χ0v) is 31.6. The molecule has 5 aliphatic rings. The number of fused-ring (bicyclic) bond motifs is 5. The van der Waals surface area contributed by atoms with Crippen LogP contribution in [0.1, 0.15) is 88.1 Å². The van der Waals surface area contributed by atoms with Crippen molar-refractivity contribution in [3.8, 4) is 5.69 Å². The van der Waals surface area contributed by atoms with Crippen molar-refractivity contribution in [3.63, 3.8) is 0 Å². The summed E-state index contributed by atoms with van der Waals surface area (Å²) < 4.78 is 40.0. The molecule has 276 valence electrons. The van der Waals surface area contributed by atoms with E-state index in [0.29, 0.717) is 54.1 Å². The Kier molecular flexibility index (Phi) is 8.39. The van der Waals surface area contributed by atoms with E-state index in [1.807, 2.05) is 23.1 Å². The summed E-state index contributed by atoms with van der Waals surface area (Å²) in [6, 6.07) is 15.5. The summed E-state index contributed by atoms with van der Waals surface area (Å²) in [5, 5.41) is 0.600. The van der Waals surface area contributed by atoms with Gasteiger partial charge in [-0.05, 0) is 129 Å². The molecule has 0 radical (unpaired) electrons. The first-order valence-corrected chi connectivity index (χ1v) is 19.6. The molecule has 0 saturated carbocycles. The zero-order valence-electron chi connectivity index (χ0n) is 30.0. The van der Waals surface area contributed by atoms with Crippen LogP contribution in [0.15, 0.2) is 57.8 Å². The number of piperidine rings is 3. The minimum Gasteiger partial charge on any atom is -0.373 e. The van der Waals surface area contributed by atoms with E-state index in [1.165, 1.54) is 23.3 Å². The summed E-state index contributed by atoms with van der Waals surface area (Å²) in [4.78, 5) is 47.6. The summed E-state index contributed by atoms with van der Waals surface area (Å²) >= 11 is 3.58. The van der Waals surface area contributed by atoms with Crippen LogP contribution < -0.4 is 15.4 Å². The molecule has 4 aromatic rings. The molecule has 0 aliphatic carbocycles. The standard InChI is InChI=1S/C41H42BrF2N5O4/c1-40(2)28-10-9-25(19-33(28)48-32-6-3-5-29(42)36(32)38(52)45-39(40)48)24-11-15-46(16-12-24)27-22-41(53-23-27)13-17-47(18-14-41)26-20-30(43)37(31(44)21-26)49-34(50)7-4-8-35(49)51/h3,5-6,9-10,19-21,24,27H,4,7-8,11-18,22-23H2,1-2H3. The lowest BCUT2D eigenvalue weighted by molar-refractivity contribution is -0.129. The van der Waals surface area contributed by atoms with E-state index in [9.17, 15) is 14.4 Å². The Labute approximate surface area is 315 Å². The number of carbonyl (C=O) groups is 2. The molecule has 53 heavy (non-hydrogen) atoms. The lowest BCUT2D eigenvalue weighted by atomic mass is 9.82. The van der Waals surface area contributed by atoms with E-state index in [1.54, 1.807) is 0 Å². The largest absolute Gasteiger partial charge is 0.373 e. The predicted octanol–water partition coefficient (Wildman–Crippen LogP) is 7.12. The van der Waals surface area contributed by atoms with Crippen LogP contribution in [-0.2, 0) is 19.7 Å². The predicted molar refractivity (Wildman–Crippen MR) is 202 cm³/mol. The minimum atomic E-state index is -0.895. The lowest BCUT2D eigenvalue weighted by Crippen LogP contribution is -2.46. The summed E-state index contributed by atoms with van der Waals surface area (Å²) in [7, 11) is 0. The molecule has 1 unspecified atom stereocenters. The van der Waals surface area contributed by atoms with Crippen LogP contribution in [0.2, 0.25) is 0 Å². The van der Waals surface area contributed by atoms with Gasteiger partial charge in [-0.2, -0.15) is 4.98 Å². The summed E-state index contributed by atoms with van der Waals surface area (Å²) in [6.45, 7) is 8.13. The highest BCUT2D eigenvalue weighted by molar-refractivity contribution is 9.10. The van der Waals surface area contributed by atoms with Gasteiger partial charge in [-0.3, -0.25) is 23.9 Å². The Bertz CT molecular complexity index is 2200. The topological polar surface area (TPSA) is 88.0 Å². The van der Waals surface area contributed by atoms with Gasteiger partial charge in [0, 0.05) is 42.1 Å². The van der Waals surface area contributed by atoms with Gasteiger partial charge >= 0.3 is 0 Å². The number of rotatable bonds is 4. The molecule has 5 aliphatic heterocycles. The number of imide groups is 1. The Hall–Kier alpha value is -4.00. The molecule has 1 aromatic heterocycles. The maximum Gasteiger partial charge on any atom is 0.281 e. The summed E-state index contributed by atoms with van der Waals surface area (Å²) in [5.41, 5.74) is 3.45. The van der Waals surface area contributed by atoms with Crippen LogP contribution in [0.5, 0.6) is 0 Å². The Morgan fingerprint density at radius 2 is 1.60 bits per heavy atom. The Morgan fingerprint density at radius 3 is 2.30 bits per heavy atom. The number of halogens is 3. The first kappa shape index (κ1) is 34.7. The van der Waals surface area contributed by atoms with Crippen molar-refractivity contribution in [2.24, 2.45) is 0 Å². The van der Waals surface area contributed by atoms with Gasteiger partial charge in [0.2, 0.25) is 11.8 Å². The number of carbonyl (C=O) groups excluding carboxylic acids is 2. The third-order valence-electron chi connectivity index (χ3n) is 12.6. The Balaban J connectivity index is 0.851. The van der Waals surface area contributed by atoms with Crippen molar-refractivity contribution in [1.29, 1.82) is 0 Å². The van der Waals surface area contributed by atoms with Crippen LogP contribution in [0.4, 0.5) is 20.2 Å². The number of benzene rings is 3. The van der Waals surface area contributed by atoms with E-state index in [2.05, 4.69) is 62.4 Å². The van der Waals surface area contributed by atoms with Crippen LogP contribution in [0.3, 0.4) is 0 Å². The molecule has 3 aromatic carbocycles. The number of hydrogen-bond donors (Lipinski definition) is 0. The molecular weight excluding hydrogens is 744 g/mol. The molecule has 4 saturated heterocycles. The van der Waals surface area contributed by atoms with Crippen molar-refractivity contribution in [2.75, 3.05) is 42.6 Å². The first-order chi connectivity index (χ1) is 25.4. The highest BCUT2D eigenvalue weighted by Gasteiger charge is 2.46. The monoisotopic (exact) mass is 785 g/mol. The molecular formula is C41H42BrF2N5O4. The van der Waals surface area contributed by atoms with Gasteiger partial charge in [-0.25, -0.2) is 13.7 Å². The maximum absolute atomic E-state index is 15.3. The third kappa shape index (κ3) is 5.66. The molecule has 1 atom stereocenters. The van der Waals surface area contributed by atoms with Crippen molar-refractivity contribution >= 4 is 50.0 Å². The number of nitrogens with zero attached hydrogens (tertiary/aromatic N) is 5. The van der Waals surface area contributed by atoms with Gasteiger partial charge in [-0.1, -0.05) is 18.2 Å². The number of ether oxygens (including phenoxy) is 1. The number of amides is 2. The van der Waals surface area contributed by atoms with Gasteiger partial charge in [0.25, 0.3) is 5.56 Å². The van der Waals surface area contributed by atoms with Crippen LogP contribution in [0.25, 0.3) is 16.6 Å². The van der Waals surface area contributed by atoms with Gasteiger partial charge in [0.15, 0.2) is 11.6 Å². The smallest absolute Gasteiger partial charge is 0.281 e. The molecule has 12 heteroatoms. The quantitative estimate of drug-likeness (QED) is 0.204. The number of likely N-dealkylation sites (tertiary alicyclic amines) is 1. The maximum atomic E-state index is 15.3. The van der Waals surface area contributed by atoms with Gasteiger partial charge < -0.3 is 9.64 Å². The van der Waals surface area contributed by atoms with Crippen molar-refractivity contribution < 1.29 is 23.1 Å². The molecule has 0 bridgehead atoms. The lowest BCUT2D eigenvalue weighted by Gasteiger charge is -2.41. The molecule has 9 rings (SSSR count). The molecule has 1 spiro atoms. The highest BCUT2D eigenvalue weighted by Crippen LogP contribution is 2.46. The van der Waals surface area contributed by atoms with E-state index >= 15 is 8.78 Å². The van der Waals surface area contributed by atoms with Crippen LogP contribution in [-0.4, -0.2) is 70.7 Å². The number of aromatic nitrogens is 2. The normalized spacial score (nSPS) is 22.9. The van der Waals surface area contributed by atoms with E-state index in [-0.39, 0.29) is 24.0 Å². The second-order valence-electron chi connectivity index (χ2n) is 16.0. The third-order valence-corrected chi connectivity index (χ3v) is 13.3. The Morgan fingerprint density at radius 1 is 0.906 bits per heavy atom. The van der Waals surface area contributed by atoms with Crippen LogP contribution in [0, 0.1) is 11.6 Å². The first-order valence-electron chi connectivity index (χ1n) is 18.8. The minimum absolute atomic E-state index is 0.0989. The fourth-order valence-corrected chi connectivity index (χ4v) is 10.2. The summed E-state index contributed by atoms with van der Waals surface area (Å²) in [6.07, 6.45) is 5.13. The fourth-order valence-electron chi connectivity index (χ4n) is 9.65. The summed E-state index contributed by atoms with van der Waals surface area (Å²) in [5.74, 6) is -1.73. The molecule has 0 N–H and O–H groups in total. The second-order valence-corrected chi connectivity index (χ2v) is 16.8. The average molecular weight is 787 g/mol. The van der Waals surface area contributed by atoms with E-state index in [0.717, 1.165) is 66.7 Å². The zero-order chi connectivity index (χ0) is 36.8. The molecule has 2 amide bonds. The van der Waals surface area contributed by atoms with Gasteiger partial charge in [0.05, 0.1) is 34.2 Å². The van der Waals surface area contributed by atoms with Gasteiger partial charge in [-0.15, -0.1) is 0 Å². The van der Waals surface area contributed by atoms with Crippen molar-refractivity contribution in [1.82, 2.24) is 14.5 Å². The van der Waals surface area contributed by atoms with Crippen LogP contribution >= 0.6 is 15.9 Å². The molecule has 4 fully saturated rings. The highest BCUT2D eigenvalue weighted by atomic mass is 79.9. The SMILES string of the molecule is CC1(C)c2ccc(C3CCN(C4COC5(CCN(c6cc(F)c(N7C(=O)CCCC7=O)c(F)c6)CC5)C4)CC3)cc2-n2c1nc(=O)c1c(Br)cccc12. The number of hydrogen-bond acceptors (Lipinski definition) is 7. The van der Waals surface area contributed by atoms with E-state index in [4.69, 9.17) is 4.74 Å². The van der Waals surface area contributed by atoms with Gasteiger partial charge in [0.1, 0.15) is 11.5 Å². The second kappa shape index (κ2) is 12.8. The molecule has 6 heterocycles. The van der Waals surface area contributed by atoms with E-state index < -0.39 is 34.6 Å². The average Bonchev–Trinajstić information content (AvgIpc) is 3.65. The fraction of sp³-hybridized carbons (Fsp3) is 0.463.